The lowest BCUT2D eigenvalue weighted by Crippen LogP contribution is -2.44. The van der Waals surface area contributed by atoms with E-state index in [1.54, 1.807) is 0 Å². The highest BCUT2D eigenvalue weighted by Gasteiger charge is 2.23. The maximum atomic E-state index is 11.4. The van der Waals surface area contributed by atoms with Crippen LogP contribution in [0.4, 0.5) is 0 Å². The molecular formula is C11H20N2OS. The standard InChI is InChI=1S/C11H20N2OS/c1-9(12-10-4-6-15-8-10)7-13-5-2-3-11(13)14/h9-10,12H,2-8H2,1H3. The van der Waals surface area contributed by atoms with Gasteiger partial charge in [0.25, 0.3) is 0 Å². The first-order valence-electron chi connectivity index (χ1n) is 5.87. The van der Waals surface area contributed by atoms with E-state index in [9.17, 15) is 4.79 Å². The molecule has 2 atom stereocenters. The van der Waals surface area contributed by atoms with Gasteiger partial charge < -0.3 is 10.2 Å². The van der Waals surface area contributed by atoms with Crippen molar-refractivity contribution in [3.8, 4) is 0 Å². The van der Waals surface area contributed by atoms with Gasteiger partial charge in [-0.25, -0.2) is 0 Å². The van der Waals surface area contributed by atoms with Crippen LogP contribution in [0.15, 0.2) is 0 Å². The highest BCUT2D eigenvalue weighted by atomic mass is 32.2. The Morgan fingerprint density at radius 3 is 3.13 bits per heavy atom. The maximum Gasteiger partial charge on any atom is 0.222 e. The summed E-state index contributed by atoms with van der Waals surface area (Å²) in [5.74, 6) is 2.86. The Kier molecular flexibility index (Phi) is 3.92. The molecule has 86 valence electrons. The second kappa shape index (κ2) is 5.21. The van der Waals surface area contributed by atoms with Crippen molar-refractivity contribution in [2.45, 2.75) is 38.3 Å². The molecule has 2 fully saturated rings. The van der Waals surface area contributed by atoms with E-state index in [1.165, 1.54) is 17.9 Å². The highest BCUT2D eigenvalue weighted by Crippen LogP contribution is 2.18. The molecule has 0 aliphatic carbocycles. The fourth-order valence-electron chi connectivity index (χ4n) is 2.35. The van der Waals surface area contributed by atoms with Gasteiger partial charge in [0.1, 0.15) is 0 Å². The molecule has 0 spiro atoms. The first kappa shape index (κ1) is 11.3. The Morgan fingerprint density at radius 2 is 2.53 bits per heavy atom. The van der Waals surface area contributed by atoms with Crippen LogP contribution < -0.4 is 5.32 Å². The molecule has 2 aliphatic rings. The monoisotopic (exact) mass is 228 g/mol. The summed E-state index contributed by atoms with van der Waals surface area (Å²) in [6, 6.07) is 1.11. The number of hydrogen-bond donors (Lipinski definition) is 1. The normalized spacial score (nSPS) is 28.7. The molecule has 3 nitrogen and oxygen atoms in total. The zero-order valence-corrected chi connectivity index (χ0v) is 10.2. The zero-order valence-electron chi connectivity index (χ0n) is 9.37. The van der Waals surface area contributed by atoms with Gasteiger partial charge in [0.15, 0.2) is 0 Å². The van der Waals surface area contributed by atoms with E-state index in [-0.39, 0.29) is 0 Å². The Hall–Kier alpha value is -0.220. The third-order valence-electron chi connectivity index (χ3n) is 3.12. The molecule has 15 heavy (non-hydrogen) atoms. The average molecular weight is 228 g/mol. The minimum Gasteiger partial charge on any atom is -0.341 e. The lowest BCUT2D eigenvalue weighted by atomic mass is 10.2. The van der Waals surface area contributed by atoms with E-state index >= 15 is 0 Å². The summed E-state index contributed by atoms with van der Waals surface area (Å²) >= 11 is 2.02. The lowest BCUT2D eigenvalue weighted by molar-refractivity contribution is -0.127. The predicted molar refractivity (Wildman–Crippen MR) is 64.1 cm³/mol. The fourth-order valence-corrected chi connectivity index (χ4v) is 3.51. The lowest BCUT2D eigenvalue weighted by Gasteiger charge is -2.24. The van der Waals surface area contributed by atoms with Gasteiger partial charge in [0.2, 0.25) is 5.91 Å². The van der Waals surface area contributed by atoms with Crippen molar-refractivity contribution in [1.29, 1.82) is 0 Å². The van der Waals surface area contributed by atoms with Crippen LogP contribution >= 0.6 is 11.8 Å². The number of likely N-dealkylation sites (tertiary alicyclic amines) is 1. The second-order valence-electron chi connectivity index (χ2n) is 4.57. The van der Waals surface area contributed by atoms with Crippen LogP contribution in [0.2, 0.25) is 0 Å². The molecule has 0 aromatic carbocycles. The summed E-state index contributed by atoms with van der Waals surface area (Å²) in [4.78, 5) is 13.4. The minimum atomic E-state index is 0.337. The number of nitrogens with one attached hydrogen (secondary N) is 1. The molecule has 2 heterocycles. The Morgan fingerprint density at radius 1 is 1.67 bits per heavy atom. The first-order valence-corrected chi connectivity index (χ1v) is 7.03. The third-order valence-corrected chi connectivity index (χ3v) is 4.28. The van der Waals surface area contributed by atoms with Crippen LogP contribution in [0.5, 0.6) is 0 Å². The predicted octanol–water partition coefficient (Wildman–Crippen LogP) is 1.09. The van der Waals surface area contributed by atoms with Gasteiger partial charge in [-0.05, 0) is 25.5 Å². The number of amides is 1. The van der Waals surface area contributed by atoms with Crippen molar-refractivity contribution in [1.82, 2.24) is 10.2 Å². The van der Waals surface area contributed by atoms with Gasteiger partial charge in [-0.2, -0.15) is 11.8 Å². The van der Waals surface area contributed by atoms with Gasteiger partial charge in [-0.15, -0.1) is 0 Å². The molecule has 2 aliphatic heterocycles. The SMILES string of the molecule is CC(CN1CCCC1=O)NC1CCSC1. The van der Waals surface area contributed by atoms with E-state index in [0.29, 0.717) is 18.0 Å². The van der Waals surface area contributed by atoms with E-state index in [1.807, 2.05) is 16.7 Å². The average Bonchev–Trinajstić information content (AvgIpc) is 2.79. The molecule has 2 unspecified atom stereocenters. The van der Waals surface area contributed by atoms with Gasteiger partial charge in [0, 0.05) is 37.3 Å². The number of rotatable bonds is 4. The molecule has 0 aromatic heterocycles. The van der Waals surface area contributed by atoms with Crippen LogP contribution in [0.3, 0.4) is 0 Å². The van der Waals surface area contributed by atoms with Crippen LogP contribution in [0, 0.1) is 0 Å². The molecule has 1 amide bonds. The van der Waals surface area contributed by atoms with Crippen LogP contribution in [0.25, 0.3) is 0 Å². The van der Waals surface area contributed by atoms with Gasteiger partial charge in [0.05, 0.1) is 0 Å². The quantitative estimate of drug-likeness (QED) is 0.782. The third kappa shape index (κ3) is 3.11. The summed E-state index contributed by atoms with van der Waals surface area (Å²) in [6.45, 7) is 4.04. The molecule has 1 N–H and O–H groups in total. The largest absolute Gasteiger partial charge is 0.341 e. The van der Waals surface area contributed by atoms with Gasteiger partial charge in [-0.3, -0.25) is 4.79 Å². The van der Waals surface area contributed by atoms with Crippen molar-refractivity contribution >= 4 is 17.7 Å². The van der Waals surface area contributed by atoms with Crippen molar-refractivity contribution in [3.05, 3.63) is 0 Å². The summed E-state index contributed by atoms with van der Waals surface area (Å²) in [7, 11) is 0. The van der Waals surface area contributed by atoms with Gasteiger partial charge >= 0.3 is 0 Å². The van der Waals surface area contributed by atoms with Crippen LogP contribution in [-0.4, -0.2) is 47.5 Å². The fraction of sp³-hybridized carbons (Fsp3) is 0.909. The van der Waals surface area contributed by atoms with Crippen molar-refractivity contribution < 1.29 is 4.79 Å². The molecule has 0 radical (unpaired) electrons. The minimum absolute atomic E-state index is 0.337. The number of thioether (sulfide) groups is 1. The Balaban J connectivity index is 1.71. The number of hydrogen-bond acceptors (Lipinski definition) is 3. The summed E-state index contributed by atoms with van der Waals surface area (Å²) in [6.07, 6.45) is 3.08. The molecule has 0 aromatic rings. The number of carbonyl (C=O) groups excluding carboxylic acids is 1. The van der Waals surface area contributed by atoms with E-state index < -0.39 is 0 Å². The molecule has 4 heteroatoms. The topological polar surface area (TPSA) is 32.3 Å². The molecule has 2 rings (SSSR count). The second-order valence-corrected chi connectivity index (χ2v) is 5.72. The maximum absolute atomic E-state index is 11.4. The van der Waals surface area contributed by atoms with Crippen molar-refractivity contribution in [3.63, 3.8) is 0 Å². The smallest absolute Gasteiger partial charge is 0.222 e. The van der Waals surface area contributed by atoms with Crippen LogP contribution in [-0.2, 0) is 4.79 Å². The zero-order chi connectivity index (χ0) is 10.7. The highest BCUT2D eigenvalue weighted by molar-refractivity contribution is 7.99. The molecule has 0 saturated carbocycles. The summed E-state index contributed by atoms with van der Waals surface area (Å²) < 4.78 is 0. The Labute approximate surface area is 96.0 Å². The number of nitrogens with zero attached hydrogens (tertiary/aromatic N) is 1. The van der Waals surface area contributed by atoms with E-state index in [0.717, 1.165) is 25.9 Å². The summed E-state index contributed by atoms with van der Waals surface area (Å²) in [5, 5.41) is 3.61. The first-order chi connectivity index (χ1) is 7.25. The van der Waals surface area contributed by atoms with Gasteiger partial charge in [-0.1, -0.05) is 0 Å². The summed E-state index contributed by atoms with van der Waals surface area (Å²) in [5.41, 5.74) is 0. The van der Waals surface area contributed by atoms with E-state index in [2.05, 4.69) is 12.2 Å². The molecule has 2 saturated heterocycles. The van der Waals surface area contributed by atoms with Crippen molar-refractivity contribution in [2.24, 2.45) is 0 Å². The molecule has 0 bridgehead atoms. The molecular weight excluding hydrogens is 208 g/mol. The van der Waals surface area contributed by atoms with E-state index in [4.69, 9.17) is 0 Å². The van der Waals surface area contributed by atoms with Crippen LogP contribution in [0.1, 0.15) is 26.2 Å². The Bertz CT molecular complexity index is 229. The number of carbonyl (C=O) groups is 1. The van der Waals surface area contributed by atoms with Crippen molar-refractivity contribution in [2.75, 3.05) is 24.6 Å².